The fourth-order valence-corrected chi connectivity index (χ4v) is 5.16. The zero-order chi connectivity index (χ0) is 23.3. The maximum absolute atomic E-state index is 14.1. The quantitative estimate of drug-likeness (QED) is 0.434. The van der Waals surface area contributed by atoms with Gasteiger partial charge in [0.05, 0.1) is 12.6 Å². The van der Waals surface area contributed by atoms with Crippen LogP contribution < -0.4 is 26.4 Å². The smallest absolute Gasteiger partial charge is 0.233 e. The van der Waals surface area contributed by atoms with Crippen molar-refractivity contribution in [3.63, 3.8) is 0 Å². The number of methoxy groups -OCH3 is 1. The number of nitrogens with two attached hydrogens (primary N) is 1. The molecule has 0 bridgehead atoms. The van der Waals surface area contributed by atoms with Crippen LogP contribution in [0.4, 0.5) is 27.9 Å². The topological polar surface area (TPSA) is 110 Å². The second-order valence-corrected chi connectivity index (χ2v) is 8.80. The Kier molecular flexibility index (Phi) is 7.27. The van der Waals surface area contributed by atoms with Crippen molar-refractivity contribution in [3.05, 3.63) is 36.2 Å². The number of allylic oxidation sites excluding steroid dienone is 1. The summed E-state index contributed by atoms with van der Waals surface area (Å²) in [4.78, 5) is 13.2. The maximum Gasteiger partial charge on any atom is 0.233 e. The summed E-state index contributed by atoms with van der Waals surface area (Å²) in [5.41, 5.74) is 6.29. The van der Waals surface area contributed by atoms with E-state index in [1.807, 2.05) is 0 Å². The van der Waals surface area contributed by atoms with E-state index < -0.39 is 5.82 Å². The van der Waals surface area contributed by atoms with E-state index in [4.69, 9.17) is 10.5 Å². The molecule has 33 heavy (non-hydrogen) atoms. The van der Waals surface area contributed by atoms with E-state index in [1.165, 1.54) is 26.0 Å². The minimum Gasteiger partial charge on any atom is -0.494 e. The lowest BCUT2D eigenvalue weighted by Gasteiger charge is -2.44. The van der Waals surface area contributed by atoms with Crippen LogP contribution in [0.5, 0.6) is 5.75 Å². The van der Waals surface area contributed by atoms with E-state index >= 15 is 0 Å². The van der Waals surface area contributed by atoms with E-state index in [0.717, 1.165) is 38.6 Å². The molecule has 5 N–H and O–H groups in total. The number of aromatic nitrogens is 3. The molecule has 1 aliphatic heterocycles. The Balaban J connectivity index is 1.63. The van der Waals surface area contributed by atoms with Gasteiger partial charge < -0.3 is 26.4 Å². The predicted octanol–water partition coefficient (Wildman–Crippen LogP) is 4.40. The first-order chi connectivity index (χ1) is 16.0. The van der Waals surface area contributed by atoms with Crippen LogP contribution in [0.1, 0.15) is 51.9 Å². The lowest BCUT2D eigenvalue weighted by molar-refractivity contribution is 0.248. The Morgan fingerprint density at radius 1 is 1.18 bits per heavy atom. The monoisotopic (exact) mass is 455 g/mol. The number of nitrogens with one attached hydrogen (secondary N) is 3. The zero-order valence-electron chi connectivity index (χ0n) is 19.4. The first-order valence-corrected chi connectivity index (χ1v) is 11.8. The highest BCUT2D eigenvalue weighted by atomic mass is 19.1. The van der Waals surface area contributed by atoms with Crippen LogP contribution in [0.15, 0.2) is 30.4 Å². The summed E-state index contributed by atoms with van der Waals surface area (Å²) in [6, 6.07) is 4.89. The summed E-state index contributed by atoms with van der Waals surface area (Å²) in [7, 11) is 1.43. The second-order valence-electron chi connectivity index (χ2n) is 8.80. The molecule has 1 fully saturated rings. The van der Waals surface area contributed by atoms with Crippen molar-refractivity contribution in [2.24, 2.45) is 5.92 Å². The van der Waals surface area contributed by atoms with Gasteiger partial charge in [0.25, 0.3) is 0 Å². The molecular weight excluding hydrogens is 421 g/mol. The lowest BCUT2D eigenvalue weighted by Crippen LogP contribution is -2.58. The highest BCUT2D eigenvalue weighted by molar-refractivity contribution is 5.57. The molecule has 0 radical (unpaired) electrons. The summed E-state index contributed by atoms with van der Waals surface area (Å²) >= 11 is 0. The number of ether oxygens (including phenoxy) is 1. The Morgan fingerprint density at radius 2 is 2.03 bits per heavy atom. The Bertz CT molecular complexity index is 979. The number of anilines is 4. The third-order valence-electron chi connectivity index (χ3n) is 6.84. The van der Waals surface area contributed by atoms with Gasteiger partial charge in [0.1, 0.15) is 0 Å². The van der Waals surface area contributed by atoms with E-state index in [-0.39, 0.29) is 23.2 Å². The molecule has 3 unspecified atom stereocenters. The van der Waals surface area contributed by atoms with Gasteiger partial charge in [-0.05, 0) is 57.2 Å². The van der Waals surface area contributed by atoms with Gasteiger partial charge in [-0.1, -0.05) is 25.5 Å². The predicted molar refractivity (Wildman–Crippen MR) is 129 cm³/mol. The Hall–Kier alpha value is -2.94. The van der Waals surface area contributed by atoms with Gasteiger partial charge in [-0.3, -0.25) is 0 Å². The van der Waals surface area contributed by atoms with Crippen LogP contribution >= 0.6 is 0 Å². The van der Waals surface area contributed by atoms with Crippen LogP contribution in [0, 0.1) is 11.7 Å². The number of benzene rings is 1. The molecule has 2 aliphatic rings. The molecule has 3 atom stereocenters. The van der Waals surface area contributed by atoms with Crippen LogP contribution in [0.2, 0.25) is 0 Å². The average Bonchev–Trinajstić information content (AvgIpc) is 3.20. The fraction of sp³-hybridized carbons (Fsp3) is 0.542. The first kappa shape index (κ1) is 23.2. The Labute approximate surface area is 194 Å². The summed E-state index contributed by atoms with van der Waals surface area (Å²) < 4.78 is 19.1. The van der Waals surface area contributed by atoms with Gasteiger partial charge in [-0.2, -0.15) is 15.0 Å². The van der Waals surface area contributed by atoms with E-state index in [0.29, 0.717) is 23.6 Å². The van der Waals surface area contributed by atoms with Gasteiger partial charge in [0.15, 0.2) is 11.6 Å². The highest BCUT2D eigenvalue weighted by Gasteiger charge is 2.44. The molecule has 0 saturated carbocycles. The maximum atomic E-state index is 14.1. The molecule has 9 heteroatoms. The van der Waals surface area contributed by atoms with Crippen molar-refractivity contribution >= 4 is 23.5 Å². The highest BCUT2D eigenvalue weighted by Crippen LogP contribution is 2.38. The third kappa shape index (κ3) is 5.19. The van der Waals surface area contributed by atoms with Crippen LogP contribution in [-0.2, 0) is 0 Å². The van der Waals surface area contributed by atoms with Crippen molar-refractivity contribution in [1.82, 2.24) is 20.3 Å². The lowest BCUT2D eigenvalue weighted by atomic mass is 9.73. The van der Waals surface area contributed by atoms with Crippen molar-refractivity contribution in [2.45, 2.75) is 63.5 Å². The molecule has 0 amide bonds. The summed E-state index contributed by atoms with van der Waals surface area (Å²) in [6.07, 6.45) is 12.5. The SMILES string of the molecule is CCC(Nc1nc(N)nc(Nc2ccc(OC)c(F)c2)n1)(C1C=CCCCC1)C1CCCN1. The number of nitrogen functional groups attached to an aromatic ring is 1. The summed E-state index contributed by atoms with van der Waals surface area (Å²) in [6.45, 7) is 3.23. The third-order valence-corrected chi connectivity index (χ3v) is 6.84. The average molecular weight is 456 g/mol. The number of hydrogen-bond acceptors (Lipinski definition) is 8. The normalized spacial score (nSPS) is 22.4. The fourth-order valence-electron chi connectivity index (χ4n) is 5.16. The molecule has 2 aromatic rings. The van der Waals surface area contributed by atoms with Crippen LogP contribution in [0.25, 0.3) is 0 Å². The molecule has 4 rings (SSSR count). The van der Waals surface area contributed by atoms with E-state index in [9.17, 15) is 4.39 Å². The van der Waals surface area contributed by atoms with E-state index in [1.54, 1.807) is 12.1 Å². The summed E-state index contributed by atoms with van der Waals surface area (Å²) in [5, 5.41) is 10.4. The minimum absolute atomic E-state index is 0.102. The molecule has 0 spiro atoms. The molecular formula is C24H34FN7O. The minimum atomic E-state index is -0.472. The molecule has 2 heterocycles. The van der Waals surface area contributed by atoms with Crippen molar-refractivity contribution in [3.8, 4) is 5.75 Å². The van der Waals surface area contributed by atoms with E-state index in [2.05, 4.69) is 50.0 Å². The summed E-state index contributed by atoms with van der Waals surface area (Å²) in [5.74, 6) is 0.838. The number of rotatable bonds is 8. The van der Waals surface area contributed by atoms with Gasteiger partial charge in [-0.15, -0.1) is 0 Å². The van der Waals surface area contributed by atoms with Crippen LogP contribution in [0.3, 0.4) is 0 Å². The number of nitrogens with zero attached hydrogens (tertiary/aromatic N) is 3. The van der Waals surface area contributed by atoms with Gasteiger partial charge in [0, 0.05) is 23.7 Å². The molecule has 1 aromatic carbocycles. The Morgan fingerprint density at radius 3 is 2.76 bits per heavy atom. The molecule has 1 aliphatic carbocycles. The van der Waals surface area contributed by atoms with Gasteiger partial charge >= 0.3 is 0 Å². The largest absolute Gasteiger partial charge is 0.494 e. The standard InChI is InChI=1S/C24H34FN7O/c1-3-24(20-11-8-14-27-20,16-9-6-4-5-7-10-16)32-23-30-21(26)29-22(31-23)28-17-12-13-19(33-2)18(25)15-17/h6,9,12-13,15-16,20,27H,3-5,7-8,10-11,14H2,1-2H3,(H4,26,28,29,30,31,32). The van der Waals surface area contributed by atoms with Crippen molar-refractivity contribution < 1.29 is 9.13 Å². The van der Waals surface area contributed by atoms with Crippen molar-refractivity contribution in [1.29, 1.82) is 0 Å². The number of hydrogen-bond donors (Lipinski definition) is 4. The molecule has 178 valence electrons. The van der Waals surface area contributed by atoms with Crippen LogP contribution in [-0.4, -0.2) is 40.2 Å². The zero-order valence-corrected chi connectivity index (χ0v) is 19.4. The van der Waals surface area contributed by atoms with Gasteiger partial charge in [-0.25, -0.2) is 4.39 Å². The van der Waals surface area contributed by atoms with Gasteiger partial charge in [0.2, 0.25) is 17.8 Å². The molecule has 1 aromatic heterocycles. The second kappa shape index (κ2) is 10.3. The molecule has 1 saturated heterocycles. The first-order valence-electron chi connectivity index (χ1n) is 11.8. The number of halogens is 1. The molecule has 8 nitrogen and oxygen atoms in total. The van der Waals surface area contributed by atoms with Crippen molar-refractivity contribution in [2.75, 3.05) is 30.0 Å².